The molecule has 3 N–H and O–H groups in total. The van der Waals surface area contributed by atoms with Crippen LogP contribution >= 0.6 is 0 Å². The number of carbonyl (C=O) groups excluding carboxylic acids is 1. The van der Waals surface area contributed by atoms with Crippen molar-refractivity contribution in [2.45, 2.75) is 32.7 Å². The van der Waals surface area contributed by atoms with Crippen LogP contribution in [0.4, 0.5) is 0 Å². The van der Waals surface area contributed by atoms with E-state index < -0.39 is 23.9 Å². The Labute approximate surface area is 87.3 Å². The fourth-order valence-electron chi connectivity index (χ4n) is 1.15. The summed E-state index contributed by atoms with van der Waals surface area (Å²) in [4.78, 5) is 32.3. The third-order valence-corrected chi connectivity index (χ3v) is 2.14. The summed E-state index contributed by atoms with van der Waals surface area (Å²) >= 11 is 0. The monoisotopic (exact) mass is 218 g/mol. The fraction of sp³-hybridized carbons (Fsp3) is 0.667. The average Bonchev–Trinajstić information content (AvgIpc) is 2.15. The molecule has 0 bridgehead atoms. The SMILES string of the molecule is CCC(CC)C(=O)N[13CH](C(=O)O)C(=O)O. The van der Waals surface area contributed by atoms with Crippen LogP contribution < -0.4 is 5.32 Å². The lowest BCUT2D eigenvalue weighted by Gasteiger charge is -2.15. The number of hydrogen-bond acceptors (Lipinski definition) is 3. The van der Waals surface area contributed by atoms with Gasteiger partial charge in [-0.3, -0.25) is 4.79 Å². The van der Waals surface area contributed by atoms with E-state index in [1.54, 1.807) is 13.8 Å². The van der Waals surface area contributed by atoms with Gasteiger partial charge >= 0.3 is 11.9 Å². The third kappa shape index (κ3) is 3.97. The van der Waals surface area contributed by atoms with Gasteiger partial charge in [-0.15, -0.1) is 0 Å². The highest BCUT2D eigenvalue weighted by molar-refractivity contribution is 6.01. The molecule has 0 spiro atoms. The number of amides is 1. The Kier molecular flexibility index (Phi) is 5.36. The van der Waals surface area contributed by atoms with Crippen molar-refractivity contribution in [2.75, 3.05) is 0 Å². The first-order valence-electron chi connectivity index (χ1n) is 4.69. The normalized spacial score (nSPS) is 10.4. The van der Waals surface area contributed by atoms with Gasteiger partial charge in [-0.05, 0) is 12.8 Å². The smallest absolute Gasteiger partial charge is 0.338 e. The van der Waals surface area contributed by atoms with Gasteiger partial charge in [-0.1, -0.05) is 13.8 Å². The number of hydrogen-bond donors (Lipinski definition) is 3. The first-order chi connectivity index (χ1) is 6.93. The van der Waals surface area contributed by atoms with Crippen molar-refractivity contribution in [3.8, 4) is 0 Å². The van der Waals surface area contributed by atoms with E-state index in [-0.39, 0.29) is 5.92 Å². The summed E-state index contributed by atoms with van der Waals surface area (Å²) in [6.07, 6.45) is 1.10. The van der Waals surface area contributed by atoms with Gasteiger partial charge in [0, 0.05) is 5.92 Å². The largest absolute Gasteiger partial charge is 0.479 e. The van der Waals surface area contributed by atoms with Crippen molar-refractivity contribution in [1.82, 2.24) is 5.32 Å². The molecule has 6 nitrogen and oxygen atoms in total. The maximum atomic E-state index is 11.4. The van der Waals surface area contributed by atoms with E-state index in [1.807, 2.05) is 5.32 Å². The molecule has 0 saturated carbocycles. The van der Waals surface area contributed by atoms with Crippen molar-refractivity contribution >= 4 is 17.8 Å². The second kappa shape index (κ2) is 6.00. The van der Waals surface area contributed by atoms with Crippen molar-refractivity contribution in [2.24, 2.45) is 5.92 Å². The summed E-state index contributed by atoms with van der Waals surface area (Å²) in [7, 11) is 0. The van der Waals surface area contributed by atoms with Crippen LogP contribution in [0.25, 0.3) is 0 Å². The maximum absolute atomic E-state index is 11.4. The van der Waals surface area contributed by atoms with Crippen LogP contribution in [-0.2, 0) is 14.4 Å². The van der Waals surface area contributed by atoms with Crippen molar-refractivity contribution in [3.05, 3.63) is 0 Å². The molecule has 0 aliphatic carbocycles. The van der Waals surface area contributed by atoms with Gasteiger partial charge in [0.1, 0.15) is 0 Å². The minimum absolute atomic E-state index is 0.341. The Hall–Kier alpha value is -1.59. The van der Waals surface area contributed by atoms with Crippen LogP contribution in [0.15, 0.2) is 0 Å². The number of aliphatic carboxylic acids is 2. The molecular formula is C9H15NO5. The Morgan fingerprint density at radius 3 is 1.73 bits per heavy atom. The van der Waals surface area contributed by atoms with Crippen molar-refractivity contribution in [3.63, 3.8) is 0 Å². The van der Waals surface area contributed by atoms with Gasteiger partial charge in [0.25, 0.3) is 0 Å². The Bertz CT molecular complexity index is 245. The molecular weight excluding hydrogens is 203 g/mol. The summed E-state index contributed by atoms with van der Waals surface area (Å²) in [5, 5.41) is 19.0. The molecule has 0 radical (unpaired) electrons. The van der Waals surface area contributed by atoms with Gasteiger partial charge < -0.3 is 15.5 Å². The van der Waals surface area contributed by atoms with Gasteiger partial charge in [0.2, 0.25) is 11.9 Å². The van der Waals surface area contributed by atoms with Crippen molar-refractivity contribution < 1.29 is 24.6 Å². The zero-order chi connectivity index (χ0) is 12.0. The van der Waals surface area contributed by atoms with E-state index in [0.29, 0.717) is 12.8 Å². The predicted molar refractivity (Wildman–Crippen MR) is 51.3 cm³/mol. The molecule has 0 unspecified atom stereocenters. The van der Waals surface area contributed by atoms with Crippen LogP contribution in [-0.4, -0.2) is 34.1 Å². The summed E-state index contributed by atoms with van der Waals surface area (Å²) < 4.78 is 0. The average molecular weight is 218 g/mol. The molecule has 0 rings (SSSR count). The van der Waals surface area contributed by atoms with Gasteiger partial charge in [-0.2, -0.15) is 0 Å². The van der Waals surface area contributed by atoms with Crippen LogP contribution in [0.1, 0.15) is 26.7 Å². The quantitative estimate of drug-likeness (QED) is 0.432. The van der Waals surface area contributed by atoms with Crippen LogP contribution in [0.3, 0.4) is 0 Å². The lowest BCUT2D eigenvalue weighted by Crippen LogP contribution is -2.48. The minimum Gasteiger partial charge on any atom is -0.479 e. The number of carboxylic acid groups (broad SMARTS) is 2. The summed E-state index contributed by atoms with van der Waals surface area (Å²) in [6.45, 7) is 3.56. The summed E-state index contributed by atoms with van der Waals surface area (Å²) in [5.74, 6) is -4.01. The van der Waals surface area contributed by atoms with E-state index in [4.69, 9.17) is 10.2 Å². The molecule has 0 fully saturated rings. The van der Waals surface area contributed by atoms with E-state index in [1.165, 1.54) is 0 Å². The first kappa shape index (κ1) is 13.4. The van der Waals surface area contributed by atoms with Crippen LogP contribution in [0.5, 0.6) is 0 Å². The topological polar surface area (TPSA) is 104 Å². The molecule has 0 saturated heterocycles. The second-order valence-corrected chi connectivity index (χ2v) is 3.13. The van der Waals surface area contributed by atoms with Crippen molar-refractivity contribution in [1.29, 1.82) is 0 Å². The molecule has 86 valence electrons. The molecule has 1 amide bonds. The molecule has 15 heavy (non-hydrogen) atoms. The molecule has 0 aromatic heterocycles. The van der Waals surface area contributed by atoms with E-state index in [0.717, 1.165) is 0 Å². The highest BCUT2D eigenvalue weighted by Gasteiger charge is 2.29. The fourth-order valence-corrected chi connectivity index (χ4v) is 1.15. The van der Waals surface area contributed by atoms with Gasteiger partial charge in [0.05, 0.1) is 0 Å². The van der Waals surface area contributed by atoms with E-state index in [2.05, 4.69) is 0 Å². The third-order valence-electron chi connectivity index (χ3n) is 2.14. The van der Waals surface area contributed by atoms with Crippen LogP contribution in [0, 0.1) is 5.92 Å². The second-order valence-electron chi connectivity index (χ2n) is 3.13. The molecule has 0 aliphatic rings. The number of nitrogens with one attached hydrogen (secondary N) is 1. The van der Waals surface area contributed by atoms with Gasteiger partial charge in [-0.25, -0.2) is 9.59 Å². The molecule has 6 heteroatoms. The highest BCUT2D eigenvalue weighted by Crippen LogP contribution is 2.07. The molecule has 0 atom stereocenters. The molecule has 0 aromatic rings. The number of carbonyl (C=O) groups is 3. The minimum atomic E-state index is -1.86. The zero-order valence-corrected chi connectivity index (χ0v) is 8.69. The predicted octanol–water partition coefficient (Wildman–Crippen LogP) is 0.0766. The number of carboxylic acids is 2. The molecule has 0 aliphatic heterocycles. The first-order valence-corrected chi connectivity index (χ1v) is 4.69. The molecule has 0 heterocycles. The Balaban J connectivity index is 4.48. The molecule has 0 aromatic carbocycles. The van der Waals surface area contributed by atoms with E-state index >= 15 is 0 Å². The summed E-state index contributed by atoms with van der Waals surface area (Å²) in [6, 6.07) is -1.86. The summed E-state index contributed by atoms with van der Waals surface area (Å²) in [5.41, 5.74) is 0. The zero-order valence-electron chi connectivity index (χ0n) is 8.69. The van der Waals surface area contributed by atoms with Crippen LogP contribution in [0.2, 0.25) is 0 Å². The lowest BCUT2D eigenvalue weighted by atomic mass is 10.0. The standard InChI is InChI=1S/C9H15NO5/c1-3-5(4-2)7(11)10-6(8(12)13)9(14)15/h5-6H,3-4H2,1-2H3,(H,10,11)(H,12,13)(H,14,15)/i6+1. The van der Waals surface area contributed by atoms with Gasteiger partial charge in [0.15, 0.2) is 0 Å². The Morgan fingerprint density at radius 1 is 1.07 bits per heavy atom. The maximum Gasteiger partial charge on any atom is 0.338 e. The van der Waals surface area contributed by atoms with E-state index in [9.17, 15) is 14.4 Å². The highest BCUT2D eigenvalue weighted by atomic mass is 16.4. The lowest BCUT2D eigenvalue weighted by molar-refractivity contribution is -0.153. The Morgan fingerprint density at radius 2 is 1.47 bits per heavy atom. The number of rotatable bonds is 6.